The number of hydrogen-bond donors (Lipinski definition) is 3. The van der Waals surface area contributed by atoms with Crippen molar-refractivity contribution < 1.29 is 14.3 Å². The van der Waals surface area contributed by atoms with Gasteiger partial charge < -0.3 is 25.4 Å². The number of carbonyl (C=O) groups excluding carboxylic acids is 1. The van der Waals surface area contributed by atoms with E-state index >= 15 is 0 Å². The number of nitrogens with one attached hydrogen (secondary N) is 3. The molecular formula is C29H30N6O4. The summed E-state index contributed by atoms with van der Waals surface area (Å²) in [5.41, 5.74) is 2.01. The average Bonchev–Trinajstić information content (AvgIpc) is 2.96. The summed E-state index contributed by atoms with van der Waals surface area (Å²) < 4.78 is 13.1. The van der Waals surface area contributed by atoms with E-state index < -0.39 is 11.6 Å². The van der Waals surface area contributed by atoms with Crippen LogP contribution in [0.2, 0.25) is 0 Å². The van der Waals surface area contributed by atoms with E-state index in [4.69, 9.17) is 9.47 Å². The molecule has 39 heavy (non-hydrogen) atoms. The highest BCUT2D eigenvalue weighted by atomic mass is 16.5. The standard InChI is InChI=1S/C29H30N6O4/c1-2-38-25-15-18-16-32-29(33-19-7-9-20(10-8-19)39-21-11-13-30-14-12-21)34-27(18)35(28(25)37)24-17-31-23-6-4-3-5-22(23)26(24)36/h3-10,15-16,21,24,30-31H,2,11-14,17H2,1H3,(H,32,33,34). The number of para-hydroxylation sites is 1. The van der Waals surface area contributed by atoms with E-state index in [1.54, 1.807) is 18.3 Å². The molecule has 0 amide bonds. The molecule has 1 saturated heterocycles. The molecule has 200 valence electrons. The minimum absolute atomic E-state index is 0.154. The molecule has 2 aromatic carbocycles. The molecule has 4 heterocycles. The SMILES string of the molecule is CCOc1cc2cnc(Nc3ccc(OC4CCNCC4)cc3)nc2n(C2CNc3ccccc3C2=O)c1=O. The third-order valence-electron chi connectivity index (χ3n) is 7.03. The van der Waals surface area contributed by atoms with Crippen molar-refractivity contribution in [2.75, 3.05) is 36.9 Å². The molecule has 10 heteroatoms. The van der Waals surface area contributed by atoms with Gasteiger partial charge in [0, 0.05) is 35.1 Å². The number of ketones is 1. The summed E-state index contributed by atoms with van der Waals surface area (Å²) >= 11 is 0. The number of aromatic nitrogens is 3. The van der Waals surface area contributed by atoms with E-state index in [1.807, 2.05) is 49.4 Å². The predicted octanol–water partition coefficient (Wildman–Crippen LogP) is 3.91. The smallest absolute Gasteiger partial charge is 0.295 e. The number of benzene rings is 2. The van der Waals surface area contributed by atoms with Crippen LogP contribution < -0.4 is 31.0 Å². The number of carbonyl (C=O) groups is 1. The maximum atomic E-state index is 13.6. The molecule has 2 aliphatic rings. The number of rotatable bonds is 7. The van der Waals surface area contributed by atoms with E-state index in [0.29, 0.717) is 29.2 Å². The molecule has 0 aliphatic carbocycles. The Morgan fingerprint density at radius 3 is 2.67 bits per heavy atom. The van der Waals surface area contributed by atoms with Crippen LogP contribution in [0.25, 0.3) is 11.0 Å². The summed E-state index contributed by atoms with van der Waals surface area (Å²) in [4.78, 5) is 36.2. The van der Waals surface area contributed by atoms with Crippen LogP contribution in [0.15, 0.2) is 65.6 Å². The summed E-state index contributed by atoms with van der Waals surface area (Å²) in [6.45, 7) is 4.32. The van der Waals surface area contributed by atoms with E-state index in [2.05, 4.69) is 25.9 Å². The molecule has 4 aromatic rings. The zero-order chi connectivity index (χ0) is 26.8. The Kier molecular flexibility index (Phi) is 6.85. The fourth-order valence-corrected chi connectivity index (χ4v) is 5.09. The highest BCUT2D eigenvalue weighted by Gasteiger charge is 2.31. The summed E-state index contributed by atoms with van der Waals surface area (Å²) in [6.07, 6.45) is 3.83. The molecule has 1 unspecified atom stereocenters. The van der Waals surface area contributed by atoms with Gasteiger partial charge >= 0.3 is 0 Å². The predicted molar refractivity (Wildman–Crippen MR) is 150 cm³/mol. The first-order valence-corrected chi connectivity index (χ1v) is 13.3. The number of ether oxygens (including phenoxy) is 2. The van der Waals surface area contributed by atoms with Gasteiger partial charge in [-0.2, -0.15) is 4.98 Å². The van der Waals surface area contributed by atoms with Crippen LogP contribution in [-0.4, -0.2) is 52.7 Å². The minimum atomic E-state index is -0.788. The Bertz CT molecular complexity index is 1560. The lowest BCUT2D eigenvalue weighted by atomic mass is 9.97. The lowest BCUT2D eigenvalue weighted by molar-refractivity contribution is 0.0927. The van der Waals surface area contributed by atoms with Crippen LogP contribution in [0.4, 0.5) is 17.3 Å². The monoisotopic (exact) mass is 526 g/mol. The van der Waals surface area contributed by atoms with Crippen molar-refractivity contribution in [1.29, 1.82) is 0 Å². The lowest BCUT2D eigenvalue weighted by Crippen LogP contribution is -2.38. The largest absolute Gasteiger partial charge is 0.490 e. The van der Waals surface area contributed by atoms with Crippen molar-refractivity contribution in [2.24, 2.45) is 0 Å². The fourth-order valence-electron chi connectivity index (χ4n) is 5.09. The van der Waals surface area contributed by atoms with E-state index in [0.717, 1.165) is 43.1 Å². The second-order valence-electron chi connectivity index (χ2n) is 9.61. The van der Waals surface area contributed by atoms with Gasteiger partial charge in [-0.05, 0) is 75.3 Å². The van der Waals surface area contributed by atoms with Gasteiger partial charge in [-0.3, -0.25) is 14.2 Å². The minimum Gasteiger partial charge on any atom is -0.490 e. The quantitative estimate of drug-likeness (QED) is 0.329. The molecular weight excluding hydrogens is 496 g/mol. The Hall–Kier alpha value is -4.44. The van der Waals surface area contributed by atoms with Crippen molar-refractivity contribution in [2.45, 2.75) is 31.9 Å². The maximum Gasteiger partial charge on any atom is 0.295 e. The third-order valence-corrected chi connectivity index (χ3v) is 7.03. The van der Waals surface area contributed by atoms with Crippen LogP contribution >= 0.6 is 0 Å². The Morgan fingerprint density at radius 1 is 1.08 bits per heavy atom. The topological polar surface area (TPSA) is 119 Å². The lowest BCUT2D eigenvalue weighted by Gasteiger charge is -2.27. The molecule has 0 bridgehead atoms. The second kappa shape index (κ2) is 10.7. The average molecular weight is 527 g/mol. The first-order chi connectivity index (χ1) is 19.1. The number of piperidine rings is 1. The van der Waals surface area contributed by atoms with E-state index in [1.165, 1.54) is 4.57 Å². The number of hydrogen-bond acceptors (Lipinski definition) is 9. The first-order valence-electron chi connectivity index (χ1n) is 13.3. The normalized spacial score (nSPS) is 17.4. The zero-order valence-corrected chi connectivity index (χ0v) is 21.6. The molecule has 2 aliphatic heterocycles. The first kappa shape index (κ1) is 24.9. The highest BCUT2D eigenvalue weighted by molar-refractivity contribution is 6.06. The summed E-state index contributed by atoms with van der Waals surface area (Å²) in [5.74, 6) is 1.13. The third kappa shape index (κ3) is 5.03. The molecule has 0 spiro atoms. The fraction of sp³-hybridized carbons (Fsp3) is 0.310. The van der Waals surface area contributed by atoms with Gasteiger partial charge in [0.05, 0.1) is 6.61 Å². The van der Waals surface area contributed by atoms with Crippen LogP contribution in [0.5, 0.6) is 11.5 Å². The van der Waals surface area contributed by atoms with Gasteiger partial charge in [0.15, 0.2) is 11.5 Å². The molecule has 10 nitrogen and oxygen atoms in total. The maximum absolute atomic E-state index is 13.6. The number of anilines is 3. The van der Waals surface area contributed by atoms with Crippen LogP contribution in [0, 0.1) is 0 Å². The number of pyridine rings is 1. The molecule has 0 saturated carbocycles. The Labute approximate surface area is 225 Å². The van der Waals surface area contributed by atoms with Gasteiger partial charge in [0.1, 0.15) is 23.5 Å². The van der Waals surface area contributed by atoms with Crippen LogP contribution in [0.3, 0.4) is 0 Å². The Balaban J connectivity index is 1.32. The summed E-state index contributed by atoms with van der Waals surface area (Å²) in [6, 6.07) is 15.8. The number of Topliss-reactive ketones (excluding diaryl/α,β-unsaturated/α-hetero) is 1. The Morgan fingerprint density at radius 2 is 1.87 bits per heavy atom. The van der Waals surface area contributed by atoms with E-state index in [9.17, 15) is 9.59 Å². The molecule has 0 radical (unpaired) electrons. The van der Waals surface area contributed by atoms with Crippen molar-refractivity contribution >= 4 is 34.1 Å². The van der Waals surface area contributed by atoms with Crippen molar-refractivity contribution in [3.8, 4) is 11.5 Å². The van der Waals surface area contributed by atoms with Crippen molar-refractivity contribution in [3.05, 3.63) is 76.7 Å². The second-order valence-corrected chi connectivity index (χ2v) is 9.61. The molecule has 6 rings (SSSR count). The zero-order valence-electron chi connectivity index (χ0n) is 21.6. The summed E-state index contributed by atoms with van der Waals surface area (Å²) in [7, 11) is 0. The van der Waals surface area contributed by atoms with Crippen molar-refractivity contribution in [1.82, 2.24) is 19.9 Å². The van der Waals surface area contributed by atoms with Gasteiger partial charge in [-0.25, -0.2) is 4.98 Å². The van der Waals surface area contributed by atoms with Crippen LogP contribution in [-0.2, 0) is 0 Å². The highest BCUT2D eigenvalue weighted by Crippen LogP contribution is 2.29. The number of nitrogens with zero attached hydrogens (tertiary/aromatic N) is 3. The molecule has 1 atom stereocenters. The molecule has 2 aromatic heterocycles. The molecule has 3 N–H and O–H groups in total. The van der Waals surface area contributed by atoms with Gasteiger partial charge in [0.25, 0.3) is 5.56 Å². The summed E-state index contributed by atoms with van der Waals surface area (Å²) in [5, 5.41) is 10.4. The number of fused-ring (bicyclic) bond motifs is 2. The van der Waals surface area contributed by atoms with Crippen LogP contribution in [0.1, 0.15) is 36.2 Å². The van der Waals surface area contributed by atoms with E-state index in [-0.39, 0.29) is 24.2 Å². The molecule has 1 fully saturated rings. The van der Waals surface area contributed by atoms with Crippen molar-refractivity contribution in [3.63, 3.8) is 0 Å². The van der Waals surface area contributed by atoms with Gasteiger partial charge in [-0.15, -0.1) is 0 Å². The van der Waals surface area contributed by atoms with Gasteiger partial charge in [0.2, 0.25) is 5.95 Å². The van der Waals surface area contributed by atoms with Gasteiger partial charge in [-0.1, -0.05) is 12.1 Å².